The van der Waals surface area contributed by atoms with Crippen LogP contribution in [0.5, 0.6) is 0 Å². The Labute approximate surface area is 81.9 Å². The zero-order valence-electron chi connectivity index (χ0n) is 7.90. The summed E-state index contributed by atoms with van der Waals surface area (Å²) in [4.78, 5) is 14.4. The van der Waals surface area contributed by atoms with Crippen LogP contribution in [-0.4, -0.2) is 29.5 Å². The number of hydrogen-bond donors (Lipinski definition) is 1. The van der Waals surface area contributed by atoms with Gasteiger partial charge >= 0.3 is 0 Å². The van der Waals surface area contributed by atoms with Gasteiger partial charge in [0.25, 0.3) is 0 Å². The first-order chi connectivity index (χ1) is 6.90. The molecule has 5 nitrogen and oxygen atoms in total. The van der Waals surface area contributed by atoms with Crippen LogP contribution in [0.1, 0.15) is 30.5 Å². The molecule has 2 rings (SSSR count). The lowest BCUT2D eigenvalue weighted by Crippen LogP contribution is -2.26. The van der Waals surface area contributed by atoms with Crippen LogP contribution in [0.15, 0.2) is 4.52 Å². The van der Waals surface area contributed by atoms with Crippen LogP contribution in [0.3, 0.4) is 0 Å². The second kappa shape index (κ2) is 4.32. The van der Waals surface area contributed by atoms with Gasteiger partial charge in [-0.25, -0.2) is 0 Å². The lowest BCUT2D eigenvalue weighted by molar-refractivity contribution is -0.107. The molecule has 76 valence electrons. The van der Waals surface area contributed by atoms with Crippen molar-refractivity contribution < 1.29 is 9.32 Å². The van der Waals surface area contributed by atoms with Gasteiger partial charge in [-0.1, -0.05) is 5.16 Å². The van der Waals surface area contributed by atoms with Gasteiger partial charge in [-0.05, 0) is 25.9 Å². The third-order valence-corrected chi connectivity index (χ3v) is 2.44. The summed E-state index contributed by atoms with van der Waals surface area (Å²) in [7, 11) is 0. The maximum Gasteiger partial charge on any atom is 0.229 e. The van der Waals surface area contributed by atoms with E-state index in [4.69, 9.17) is 4.52 Å². The van der Waals surface area contributed by atoms with E-state index < -0.39 is 0 Å². The van der Waals surface area contributed by atoms with Gasteiger partial charge in [0.15, 0.2) is 5.82 Å². The standard InChI is InChI=1S/C9H13N3O2/c13-6-3-8-11-9(14-12-8)7-1-4-10-5-2-7/h6-7,10H,1-5H2. The highest BCUT2D eigenvalue weighted by Crippen LogP contribution is 2.23. The topological polar surface area (TPSA) is 68.0 Å². The Morgan fingerprint density at radius 3 is 3.00 bits per heavy atom. The summed E-state index contributed by atoms with van der Waals surface area (Å²) in [6.07, 6.45) is 3.09. The monoisotopic (exact) mass is 195 g/mol. The van der Waals surface area contributed by atoms with Gasteiger partial charge in [-0.15, -0.1) is 0 Å². The minimum atomic E-state index is 0.245. The molecule has 1 N–H and O–H groups in total. The molecule has 5 heteroatoms. The van der Waals surface area contributed by atoms with Crippen LogP contribution in [-0.2, 0) is 11.2 Å². The quantitative estimate of drug-likeness (QED) is 0.701. The minimum Gasteiger partial charge on any atom is -0.339 e. The third kappa shape index (κ3) is 1.98. The molecule has 1 aromatic rings. The largest absolute Gasteiger partial charge is 0.339 e. The van der Waals surface area contributed by atoms with Gasteiger partial charge in [0.1, 0.15) is 6.29 Å². The maximum atomic E-state index is 10.2. The lowest BCUT2D eigenvalue weighted by Gasteiger charge is -2.18. The second-order valence-corrected chi connectivity index (χ2v) is 3.44. The van der Waals surface area contributed by atoms with Gasteiger partial charge in [0.05, 0.1) is 6.42 Å². The van der Waals surface area contributed by atoms with Crippen molar-refractivity contribution in [1.82, 2.24) is 15.5 Å². The number of nitrogens with one attached hydrogen (secondary N) is 1. The van der Waals surface area contributed by atoms with Crippen molar-refractivity contribution in [2.45, 2.75) is 25.2 Å². The zero-order chi connectivity index (χ0) is 9.80. The smallest absolute Gasteiger partial charge is 0.229 e. The summed E-state index contributed by atoms with van der Waals surface area (Å²) in [5, 5.41) is 7.01. The molecule has 0 saturated carbocycles. The number of nitrogens with zero attached hydrogens (tertiary/aromatic N) is 2. The SMILES string of the molecule is O=CCc1noc(C2CCNCC2)n1. The highest BCUT2D eigenvalue weighted by Gasteiger charge is 2.20. The van der Waals surface area contributed by atoms with Gasteiger partial charge in [-0.2, -0.15) is 4.98 Å². The van der Waals surface area contributed by atoms with Crippen LogP contribution < -0.4 is 5.32 Å². The summed E-state index contributed by atoms with van der Waals surface area (Å²) < 4.78 is 5.11. The van der Waals surface area contributed by atoms with Gasteiger partial charge in [-0.3, -0.25) is 0 Å². The molecular weight excluding hydrogens is 182 g/mol. The molecule has 1 aliphatic heterocycles. The first-order valence-corrected chi connectivity index (χ1v) is 4.87. The Bertz CT molecular complexity index is 305. The fourth-order valence-corrected chi connectivity index (χ4v) is 1.66. The summed E-state index contributed by atoms with van der Waals surface area (Å²) in [5.41, 5.74) is 0. The average molecular weight is 195 g/mol. The van der Waals surface area contributed by atoms with Crippen LogP contribution in [0.4, 0.5) is 0 Å². The van der Waals surface area contributed by atoms with Gasteiger partial charge in [0, 0.05) is 5.92 Å². The molecule has 0 amide bonds. The normalized spacial score (nSPS) is 18.3. The lowest BCUT2D eigenvalue weighted by atomic mass is 9.98. The van der Waals surface area contributed by atoms with Crippen molar-refractivity contribution in [1.29, 1.82) is 0 Å². The molecule has 0 atom stereocenters. The molecule has 0 radical (unpaired) electrons. The minimum absolute atomic E-state index is 0.245. The average Bonchev–Trinajstić information content (AvgIpc) is 2.68. The van der Waals surface area contributed by atoms with Crippen LogP contribution >= 0.6 is 0 Å². The van der Waals surface area contributed by atoms with Crippen LogP contribution in [0.25, 0.3) is 0 Å². The molecule has 1 fully saturated rings. The first-order valence-electron chi connectivity index (χ1n) is 4.87. The fraction of sp³-hybridized carbons (Fsp3) is 0.667. The number of aromatic nitrogens is 2. The number of carbonyl (C=O) groups is 1. The molecular formula is C9H13N3O2. The van der Waals surface area contributed by atoms with E-state index in [-0.39, 0.29) is 6.42 Å². The van der Waals surface area contributed by atoms with E-state index in [2.05, 4.69) is 15.5 Å². The Kier molecular flexibility index (Phi) is 2.88. The summed E-state index contributed by atoms with van der Waals surface area (Å²) in [6.45, 7) is 1.99. The number of hydrogen-bond acceptors (Lipinski definition) is 5. The van der Waals surface area contributed by atoms with E-state index in [1.54, 1.807) is 0 Å². The van der Waals surface area contributed by atoms with E-state index in [1.807, 2.05) is 0 Å². The van der Waals surface area contributed by atoms with Crippen molar-refractivity contribution in [3.05, 3.63) is 11.7 Å². The predicted octanol–water partition coefficient (Wildman–Crippen LogP) is 0.278. The molecule has 0 aromatic carbocycles. The molecule has 0 spiro atoms. The van der Waals surface area contributed by atoms with Crippen molar-refractivity contribution in [2.24, 2.45) is 0 Å². The maximum absolute atomic E-state index is 10.2. The molecule has 1 aliphatic rings. The second-order valence-electron chi connectivity index (χ2n) is 3.44. The van der Waals surface area contributed by atoms with Crippen molar-refractivity contribution in [3.63, 3.8) is 0 Å². The number of piperidine rings is 1. The Hall–Kier alpha value is -1.23. The molecule has 14 heavy (non-hydrogen) atoms. The number of carbonyl (C=O) groups excluding carboxylic acids is 1. The number of aldehydes is 1. The summed E-state index contributed by atoms with van der Waals surface area (Å²) in [6, 6.07) is 0. The highest BCUT2D eigenvalue weighted by atomic mass is 16.5. The molecule has 0 aliphatic carbocycles. The molecule has 1 aromatic heterocycles. The molecule has 0 bridgehead atoms. The van der Waals surface area contributed by atoms with Crippen molar-refractivity contribution in [3.8, 4) is 0 Å². The number of rotatable bonds is 3. The van der Waals surface area contributed by atoms with Crippen molar-refractivity contribution >= 4 is 6.29 Å². The third-order valence-electron chi connectivity index (χ3n) is 2.44. The van der Waals surface area contributed by atoms with E-state index in [1.165, 1.54) is 0 Å². The van der Waals surface area contributed by atoms with E-state index in [9.17, 15) is 4.79 Å². The van der Waals surface area contributed by atoms with Crippen LogP contribution in [0, 0.1) is 0 Å². The summed E-state index contributed by atoms with van der Waals surface area (Å²) >= 11 is 0. The first kappa shape index (κ1) is 9.33. The van der Waals surface area contributed by atoms with E-state index >= 15 is 0 Å². The van der Waals surface area contributed by atoms with E-state index in [0.29, 0.717) is 17.6 Å². The Morgan fingerprint density at radius 2 is 2.29 bits per heavy atom. The van der Waals surface area contributed by atoms with Crippen molar-refractivity contribution in [2.75, 3.05) is 13.1 Å². The van der Waals surface area contributed by atoms with Gasteiger partial charge < -0.3 is 14.6 Å². The fourth-order valence-electron chi connectivity index (χ4n) is 1.66. The summed E-state index contributed by atoms with van der Waals surface area (Å²) in [5.74, 6) is 1.54. The Balaban J connectivity index is 2.03. The van der Waals surface area contributed by atoms with Crippen LogP contribution in [0.2, 0.25) is 0 Å². The molecule has 0 unspecified atom stereocenters. The molecule has 2 heterocycles. The van der Waals surface area contributed by atoms with Gasteiger partial charge in [0.2, 0.25) is 5.89 Å². The zero-order valence-corrected chi connectivity index (χ0v) is 7.90. The Morgan fingerprint density at radius 1 is 1.50 bits per heavy atom. The predicted molar refractivity (Wildman–Crippen MR) is 48.9 cm³/mol. The highest BCUT2D eigenvalue weighted by molar-refractivity contribution is 5.52. The van der Waals surface area contributed by atoms with E-state index in [0.717, 1.165) is 32.2 Å². The molecule has 1 saturated heterocycles.